The number of ether oxygens (including phenoxy) is 1. The number of nitrogens with two attached hydrogens (primary N) is 1. The molecule has 2 unspecified atom stereocenters. The number of nitrogens with zero attached hydrogens (tertiary/aromatic N) is 2. The topological polar surface area (TPSA) is 53.1 Å². The molecule has 0 saturated carbocycles. The van der Waals surface area contributed by atoms with Crippen molar-refractivity contribution in [1.82, 2.24) is 9.78 Å². The van der Waals surface area contributed by atoms with E-state index in [1.165, 1.54) is 6.42 Å². The van der Waals surface area contributed by atoms with Crippen LogP contribution >= 0.6 is 11.6 Å². The van der Waals surface area contributed by atoms with Crippen molar-refractivity contribution < 1.29 is 4.74 Å². The number of aryl methyl sites for hydroxylation is 1. The SMILES string of the molecule is CCn1ncc(Cl)c1C(N)C1CCCCO1. The number of hydrogen-bond acceptors (Lipinski definition) is 3. The van der Waals surface area contributed by atoms with E-state index in [-0.39, 0.29) is 12.1 Å². The number of aromatic nitrogens is 2. The molecule has 1 aliphatic rings. The Kier molecular flexibility index (Phi) is 3.84. The molecule has 2 rings (SSSR count). The highest BCUT2D eigenvalue weighted by molar-refractivity contribution is 6.31. The lowest BCUT2D eigenvalue weighted by Gasteiger charge is -2.28. The molecule has 0 radical (unpaired) electrons. The van der Waals surface area contributed by atoms with Crippen LogP contribution in [0.3, 0.4) is 0 Å². The maximum absolute atomic E-state index is 6.22. The molecule has 16 heavy (non-hydrogen) atoms. The largest absolute Gasteiger partial charge is 0.376 e. The van der Waals surface area contributed by atoms with Crippen LogP contribution in [0.15, 0.2) is 6.20 Å². The van der Waals surface area contributed by atoms with Crippen LogP contribution in [-0.2, 0) is 11.3 Å². The molecule has 0 bridgehead atoms. The Balaban J connectivity index is 2.18. The van der Waals surface area contributed by atoms with Gasteiger partial charge in [-0.15, -0.1) is 0 Å². The third kappa shape index (κ3) is 2.24. The van der Waals surface area contributed by atoms with Crippen molar-refractivity contribution in [3.8, 4) is 0 Å². The third-order valence-electron chi connectivity index (χ3n) is 3.06. The molecule has 0 amide bonds. The number of rotatable bonds is 3. The molecule has 0 aliphatic carbocycles. The van der Waals surface area contributed by atoms with Crippen LogP contribution in [-0.4, -0.2) is 22.5 Å². The molecule has 2 heterocycles. The van der Waals surface area contributed by atoms with Gasteiger partial charge in [0.2, 0.25) is 0 Å². The second-order valence-electron chi connectivity index (χ2n) is 4.12. The summed E-state index contributed by atoms with van der Waals surface area (Å²) in [5, 5.41) is 4.84. The second kappa shape index (κ2) is 5.17. The van der Waals surface area contributed by atoms with Crippen molar-refractivity contribution in [1.29, 1.82) is 0 Å². The zero-order valence-electron chi connectivity index (χ0n) is 9.53. The summed E-state index contributed by atoms with van der Waals surface area (Å²) in [5.74, 6) is 0. The Morgan fingerprint density at radius 1 is 1.69 bits per heavy atom. The van der Waals surface area contributed by atoms with E-state index in [4.69, 9.17) is 22.1 Å². The monoisotopic (exact) mass is 243 g/mol. The maximum atomic E-state index is 6.22. The second-order valence-corrected chi connectivity index (χ2v) is 4.53. The fourth-order valence-corrected chi connectivity index (χ4v) is 2.45. The van der Waals surface area contributed by atoms with Gasteiger partial charge >= 0.3 is 0 Å². The lowest BCUT2D eigenvalue weighted by Crippen LogP contribution is -2.33. The lowest BCUT2D eigenvalue weighted by atomic mass is 10.0. The molecule has 2 N–H and O–H groups in total. The van der Waals surface area contributed by atoms with Crippen molar-refractivity contribution in [3.05, 3.63) is 16.9 Å². The van der Waals surface area contributed by atoms with E-state index in [2.05, 4.69) is 5.10 Å². The zero-order valence-corrected chi connectivity index (χ0v) is 10.3. The Morgan fingerprint density at radius 2 is 2.50 bits per heavy atom. The van der Waals surface area contributed by atoms with Crippen LogP contribution in [0.2, 0.25) is 5.02 Å². The van der Waals surface area contributed by atoms with Crippen LogP contribution in [0, 0.1) is 0 Å². The van der Waals surface area contributed by atoms with Gasteiger partial charge in [0, 0.05) is 13.2 Å². The Labute approximate surface area is 101 Å². The summed E-state index contributed by atoms with van der Waals surface area (Å²) in [5.41, 5.74) is 7.12. The summed E-state index contributed by atoms with van der Waals surface area (Å²) in [4.78, 5) is 0. The molecular formula is C11H18ClN3O. The van der Waals surface area contributed by atoms with E-state index < -0.39 is 0 Å². The van der Waals surface area contributed by atoms with E-state index in [1.54, 1.807) is 6.20 Å². The minimum absolute atomic E-state index is 0.0771. The van der Waals surface area contributed by atoms with Gasteiger partial charge in [0.1, 0.15) is 0 Å². The summed E-state index contributed by atoms with van der Waals surface area (Å²) in [6.45, 7) is 3.61. The summed E-state index contributed by atoms with van der Waals surface area (Å²) in [6, 6.07) is -0.171. The number of hydrogen-bond donors (Lipinski definition) is 1. The van der Waals surface area contributed by atoms with Crippen molar-refractivity contribution in [3.63, 3.8) is 0 Å². The van der Waals surface area contributed by atoms with Crippen molar-refractivity contribution in [2.24, 2.45) is 5.73 Å². The Morgan fingerprint density at radius 3 is 3.12 bits per heavy atom. The normalized spacial score (nSPS) is 23.3. The highest BCUT2D eigenvalue weighted by Crippen LogP contribution is 2.28. The molecular weight excluding hydrogens is 226 g/mol. The Hall–Kier alpha value is -0.580. The first-order valence-corrected chi connectivity index (χ1v) is 6.20. The van der Waals surface area contributed by atoms with Crippen molar-refractivity contribution in [2.75, 3.05) is 6.61 Å². The maximum Gasteiger partial charge on any atom is 0.0835 e. The van der Waals surface area contributed by atoms with E-state index in [9.17, 15) is 0 Å². The van der Waals surface area contributed by atoms with Gasteiger partial charge in [-0.3, -0.25) is 4.68 Å². The molecule has 1 saturated heterocycles. The number of halogens is 1. The molecule has 4 nitrogen and oxygen atoms in total. The fourth-order valence-electron chi connectivity index (χ4n) is 2.18. The summed E-state index contributed by atoms with van der Waals surface area (Å²) < 4.78 is 7.55. The molecule has 1 fully saturated rings. The van der Waals surface area contributed by atoms with Crippen LogP contribution in [0.5, 0.6) is 0 Å². The highest BCUT2D eigenvalue weighted by atomic mass is 35.5. The van der Waals surface area contributed by atoms with Crippen LogP contribution in [0.4, 0.5) is 0 Å². The molecule has 0 aromatic carbocycles. The molecule has 1 aromatic heterocycles. The molecule has 90 valence electrons. The molecule has 5 heteroatoms. The zero-order chi connectivity index (χ0) is 11.5. The highest BCUT2D eigenvalue weighted by Gasteiger charge is 2.27. The molecule has 0 spiro atoms. The van der Waals surface area contributed by atoms with Gasteiger partial charge in [0.15, 0.2) is 0 Å². The molecule has 2 atom stereocenters. The van der Waals surface area contributed by atoms with Gasteiger partial charge in [-0.1, -0.05) is 11.6 Å². The predicted molar refractivity (Wildman–Crippen MR) is 63.4 cm³/mol. The smallest absolute Gasteiger partial charge is 0.0835 e. The van der Waals surface area contributed by atoms with Gasteiger partial charge in [-0.2, -0.15) is 5.10 Å². The average molecular weight is 244 g/mol. The van der Waals surface area contributed by atoms with Crippen LogP contribution < -0.4 is 5.73 Å². The van der Waals surface area contributed by atoms with E-state index in [0.29, 0.717) is 5.02 Å². The minimum Gasteiger partial charge on any atom is -0.376 e. The van der Waals surface area contributed by atoms with Gasteiger partial charge < -0.3 is 10.5 Å². The van der Waals surface area contributed by atoms with Crippen molar-refractivity contribution in [2.45, 2.75) is 44.9 Å². The van der Waals surface area contributed by atoms with Crippen LogP contribution in [0.1, 0.15) is 37.9 Å². The average Bonchev–Trinajstić information content (AvgIpc) is 2.70. The fraction of sp³-hybridized carbons (Fsp3) is 0.727. The van der Waals surface area contributed by atoms with E-state index in [1.807, 2.05) is 11.6 Å². The van der Waals surface area contributed by atoms with Crippen molar-refractivity contribution >= 4 is 11.6 Å². The van der Waals surface area contributed by atoms with E-state index in [0.717, 1.165) is 31.7 Å². The first-order valence-electron chi connectivity index (χ1n) is 5.82. The van der Waals surface area contributed by atoms with Gasteiger partial charge in [0.05, 0.1) is 29.1 Å². The van der Waals surface area contributed by atoms with E-state index >= 15 is 0 Å². The predicted octanol–water partition coefficient (Wildman–Crippen LogP) is 2.13. The van der Waals surface area contributed by atoms with Crippen LogP contribution in [0.25, 0.3) is 0 Å². The van der Waals surface area contributed by atoms with Gasteiger partial charge in [0.25, 0.3) is 0 Å². The summed E-state index contributed by atoms with van der Waals surface area (Å²) >= 11 is 6.12. The van der Waals surface area contributed by atoms with Gasteiger partial charge in [-0.25, -0.2) is 0 Å². The standard InChI is InChI=1S/C11H18ClN3O/c1-2-15-11(8(12)7-14-15)10(13)9-5-3-4-6-16-9/h7,9-10H,2-6,13H2,1H3. The first-order chi connectivity index (χ1) is 7.74. The molecule has 1 aromatic rings. The third-order valence-corrected chi connectivity index (χ3v) is 3.36. The summed E-state index contributed by atoms with van der Waals surface area (Å²) in [7, 11) is 0. The first kappa shape index (κ1) is 11.9. The minimum atomic E-state index is -0.171. The quantitative estimate of drug-likeness (QED) is 0.885. The molecule has 1 aliphatic heterocycles. The lowest BCUT2D eigenvalue weighted by molar-refractivity contribution is -0.00156. The summed E-state index contributed by atoms with van der Waals surface area (Å²) in [6.07, 6.45) is 5.05. The van der Waals surface area contributed by atoms with Gasteiger partial charge in [-0.05, 0) is 26.2 Å². The Bertz CT molecular complexity index is 347.